The first kappa shape index (κ1) is 22.5. The summed E-state index contributed by atoms with van der Waals surface area (Å²) in [5.41, 5.74) is 3.07. The normalized spacial score (nSPS) is 10.9. The van der Waals surface area contributed by atoms with Crippen molar-refractivity contribution in [3.8, 4) is 22.6 Å². The summed E-state index contributed by atoms with van der Waals surface area (Å²) >= 11 is 0. The fraction of sp³-hybridized carbons (Fsp3) is 0. The van der Waals surface area contributed by atoms with Gasteiger partial charge in [0.05, 0.1) is 0 Å². The minimum atomic E-state index is -0.503. The first-order valence-corrected chi connectivity index (χ1v) is 10.8. The maximum atomic E-state index is 12.4. The molecular weight excluding hydrogens is 424 g/mol. The van der Waals surface area contributed by atoms with Crippen LogP contribution >= 0.6 is 0 Å². The van der Waals surface area contributed by atoms with Crippen LogP contribution in [0, 0.1) is 0 Å². The van der Waals surface area contributed by atoms with E-state index in [2.05, 4.69) is 0 Å². The zero-order chi connectivity index (χ0) is 23.6. The van der Waals surface area contributed by atoms with Crippen LogP contribution in [-0.4, -0.2) is 11.9 Å². The van der Waals surface area contributed by atoms with Crippen molar-refractivity contribution in [3.63, 3.8) is 0 Å². The number of carbonyl (C=O) groups excluding carboxylic acids is 2. The Balaban J connectivity index is 1.53. The molecule has 4 aromatic carbocycles. The molecule has 0 unspecified atom stereocenters. The summed E-state index contributed by atoms with van der Waals surface area (Å²) in [4.78, 5) is 24.9. The highest BCUT2D eigenvalue weighted by Crippen LogP contribution is 2.36. The highest BCUT2D eigenvalue weighted by Gasteiger charge is 2.14. The van der Waals surface area contributed by atoms with Gasteiger partial charge in [0.15, 0.2) is 0 Å². The lowest BCUT2D eigenvalue weighted by Crippen LogP contribution is -2.07. The van der Waals surface area contributed by atoms with E-state index in [0.29, 0.717) is 22.6 Å². The summed E-state index contributed by atoms with van der Waals surface area (Å²) < 4.78 is 11.2. The number of rotatable bonds is 7. The van der Waals surface area contributed by atoms with Crippen LogP contribution in [0.2, 0.25) is 0 Å². The molecule has 0 aliphatic carbocycles. The molecule has 0 radical (unpaired) electrons. The highest BCUT2D eigenvalue weighted by atomic mass is 16.5. The third-order valence-corrected chi connectivity index (χ3v) is 4.91. The third-order valence-electron chi connectivity index (χ3n) is 4.91. The molecule has 0 atom stereocenters. The minimum Gasteiger partial charge on any atom is -0.423 e. The van der Waals surface area contributed by atoms with E-state index in [9.17, 15) is 9.59 Å². The molecule has 4 nitrogen and oxygen atoms in total. The SMILES string of the molecule is O=C(C=Cc1ccccc1)Oc1ccccc1-c1ccccc1OC(=O)C=Cc1ccccc1. The lowest BCUT2D eigenvalue weighted by molar-refractivity contribution is -0.129. The molecule has 0 fully saturated rings. The highest BCUT2D eigenvalue weighted by molar-refractivity contribution is 5.92. The molecule has 0 saturated heterocycles. The van der Waals surface area contributed by atoms with Crippen LogP contribution in [0.25, 0.3) is 23.3 Å². The van der Waals surface area contributed by atoms with Gasteiger partial charge in [-0.3, -0.25) is 0 Å². The van der Waals surface area contributed by atoms with E-state index in [1.807, 2.05) is 84.9 Å². The van der Waals surface area contributed by atoms with E-state index in [-0.39, 0.29) is 0 Å². The van der Waals surface area contributed by atoms with Crippen LogP contribution in [0.1, 0.15) is 11.1 Å². The molecule has 4 rings (SSSR count). The van der Waals surface area contributed by atoms with Crippen LogP contribution in [0.3, 0.4) is 0 Å². The number of carbonyl (C=O) groups is 2. The average Bonchev–Trinajstić information content (AvgIpc) is 2.88. The third kappa shape index (κ3) is 6.17. The van der Waals surface area contributed by atoms with Gasteiger partial charge in [-0.1, -0.05) is 97.1 Å². The summed E-state index contributed by atoms with van der Waals surface area (Å²) in [6, 6.07) is 33.3. The Morgan fingerprint density at radius 2 is 0.824 bits per heavy atom. The number of esters is 2. The summed E-state index contributed by atoms with van der Waals surface area (Å²) in [6.07, 6.45) is 6.15. The van der Waals surface area contributed by atoms with E-state index in [1.165, 1.54) is 12.2 Å². The van der Waals surface area contributed by atoms with E-state index >= 15 is 0 Å². The molecule has 0 heterocycles. The second-order valence-electron chi connectivity index (χ2n) is 7.32. The second kappa shape index (κ2) is 11.2. The van der Waals surface area contributed by atoms with Crippen molar-refractivity contribution in [1.29, 1.82) is 0 Å². The van der Waals surface area contributed by atoms with Crippen molar-refractivity contribution in [1.82, 2.24) is 0 Å². The van der Waals surface area contributed by atoms with Gasteiger partial charge in [0.2, 0.25) is 0 Å². The molecule has 0 N–H and O–H groups in total. The van der Waals surface area contributed by atoms with Gasteiger partial charge in [-0.15, -0.1) is 0 Å². The first-order valence-electron chi connectivity index (χ1n) is 10.8. The maximum Gasteiger partial charge on any atom is 0.336 e. The molecule has 4 aromatic rings. The fourth-order valence-electron chi connectivity index (χ4n) is 3.30. The van der Waals surface area contributed by atoms with Crippen molar-refractivity contribution in [2.24, 2.45) is 0 Å². The van der Waals surface area contributed by atoms with Crippen molar-refractivity contribution in [2.45, 2.75) is 0 Å². The van der Waals surface area contributed by atoms with Gasteiger partial charge >= 0.3 is 11.9 Å². The predicted octanol–water partition coefficient (Wildman–Crippen LogP) is 6.59. The standard InChI is InChI=1S/C30H22O4/c31-29(21-19-23-11-3-1-4-12-23)33-27-17-9-7-15-25(27)26-16-8-10-18-28(26)34-30(32)22-20-24-13-5-2-6-14-24/h1-22H. The topological polar surface area (TPSA) is 52.6 Å². The van der Waals surface area contributed by atoms with Gasteiger partial charge in [-0.05, 0) is 35.4 Å². The quantitative estimate of drug-likeness (QED) is 0.183. The molecule has 4 heteroatoms. The second-order valence-corrected chi connectivity index (χ2v) is 7.32. The largest absolute Gasteiger partial charge is 0.423 e. The van der Waals surface area contributed by atoms with E-state index in [1.54, 1.807) is 36.4 Å². The molecule has 0 spiro atoms. The number of hydrogen-bond acceptors (Lipinski definition) is 4. The van der Waals surface area contributed by atoms with Crippen LogP contribution in [-0.2, 0) is 9.59 Å². The van der Waals surface area contributed by atoms with Crippen molar-refractivity contribution < 1.29 is 19.1 Å². The molecule has 0 bridgehead atoms. The predicted molar refractivity (Wildman–Crippen MR) is 134 cm³/mol. The molecule has 0 saturated carbocycles. The Bertz CT molecular complexity index is 1220. The van der Waals surface area contributed by atoms with Gasteiger partial charge in [0, 0.05) is 23.3 Å². The van der Waals surface area contributed by atoms with Crippen molar-refractivity contribution in [3.05, 3.63) is 132 Å². The van der Waals surface area contributed by atoms with Gasteiger partial charge in [-0.25, -0.2) is 9.59 Å². The van der Waals surface area contributed by atoms with Gasteiger partial charge in [0.1, 0.15) is 11.5 Å². The Labute approximate surface area is 198 Å². The van der Waals surface area contributed by atoms with Gasteiger partial charge in [0.25, 0.3) is 0 Å². The lowest BCUT2D eigenvalue weighted by Gasteiger charge is -2.12. The number of ether oxygens (including phenoxy) is 2. The van der Waals surface area contributed by atoms with E-state index in [4.69, 9.17) is 9.47 Å². The number of hydrogen-bond donors (Lipinski definition) is 0. The van der Waals surface area contributed by atoms with E-state index < -0.39 is 11.9 Å². The monoisotopic (exact) mass is 446 g/mol. The zero-order valence-electron chi connectivity index (χ0n) is 18.3. The van der Waals surface area contributed by atoms with Gasteiger partial charge < -0.3 is 9.47 Å². The summed E-state index contributed by atoms with van der Waals surface area (Å²) in [5.74, 6) is -0.268. The molecule has 166 valence electrons. The maximum absolute atomic E-state index is 12.4. The smallest absolute Gasteiger partial charge is 0.336 e. The molecule has 0 aliphatic heterocycles. The Kier molecular flexibility index (Phi) is 7.44. The Hall–Kier alpha value is -4.70. The number of para-hydroxylation sites is 2. The van der Waals surface area contributed by atoms with Crippen molar-refractivity contribution >= 4 is 24.1 Å². The Morgan fingerprint density at radius 1 is 0.471 bits per heavy atom. The van der Waals surface area contributed by atoms with Crippen molar-refractivity contribution in [2.75, 3.05) is 0 Å². The molecule has 0 aliphatic rings. The molecule has 0 amide bonds. The summed E-state index contributed by atoms with van der Waals surface area (Å²) in [7, 11) is 0. The molecule has 34 heavy (non-hydrogen) atoms. The lowest BCUT2D eigenvalue weighted by atomic mass is 10.0. The fourth-order valence-corrected chi connectivity index (χ4v) is 3.30. The molecular formula is C30H22O4. The Morgan fingerprint density at radius 3 is 1.24 bits per heavy atom. The average molecular weight is 447 g/mol. The van der Waals surface area contributed by atoms with Crippen LogP contribution in [0.5, 0.6) is 11.5 Å². The van der Waals surface area contributed by atoms with Crippen LogP contribution in [0.15, 0.2) is 121 Å². The summed E-state index contributed by atoms with van der Waals surface area (Å²) in [5, 5.41) is 0. The van der Waals surface area contributed by atoms with E-state index in [0.717, 1.165) is 11.1 Å². The van der Waals surface area contributed by atoms with Crippen LogP contribution in [0.4, 0.5) is 0 Å². The molecule has 0 aromatic heterocycles. The minimum absolute atomic E-state index is 0.369. The summed E-state index contributed by atoms with van der Waals surface area (Å²) in [6.45, 7) is 0. The zero-order valence-corrected chi connectivity index (χ0v) is 18.3. The first-order chi connectivity index (χ1) is 16.7. The van der Waals surface area contributed by atoms with Gasteiger partial charge in [-0.2, -0.15) is 0 Å². The number of benzene rings is 4. The van der Waals surface area contributed by atoms with Crippen LogP contribution < -0.4 is 9.47 Å².